The third kappa shape index (κ3) is 3.12. The minimum Gasteiger partial charge on any atom is -0.205 e. The van der Waals surface area contributed by atoms with E-state index in [-0.39, 0.29) is 5.02 Å². The van der Waals surface area contributed by atoms with Gasteiger partial charge in [-0.05, 0) is 47.9 Å². The van der Waals surface area contributed by atoms with Crippen LogP contribution >= 0.6 is 23.2 Å². The molecule has 2 rings (SSSR count). The lowest BCUT2D eigenvalue weighted by Crippen LogP contribution is -1.82. The summed E-state index contributed by atoms with van der Waals surface area (Å²) in [6, 6.07) is 12.3. The summed E-state index contributed by atoms with van der Waals surface area (Å²) in [7, 11) is 0. The van der Waals surface area contributed by atoms with Crippen LogP contribution in [0.25, 0.3) is 11.6 Å². The van der Waals surface area contributed by atoms with Gasteiger partial charge in [0.2, 0.25) is 0 Å². The largest absolute Gasteiger partial charge is 0.205 e. The normalized spacial score (nSPS) is 11.7. The fraction of sp³-hybridized carbons (Fsp3) is 0.0667. The minimum atomic E-state index is -0.408. The molecule has 92 valence electrons. The van der Waals surface area contributed by atoms with Gasteiger partial charge in [0.15, 0.2) is 0 Å². The molecule has 0 heterocycles. The van der Waals surface area contributed by atoms with Crippen LogP contribution in [0.1, 0.15) is 18.1 Å². The molecule has 0 fully saturated rings. The van der Waals surface area contributed by atoms with Crippen LogP contribution in [-0.4, -0.2) is 0 Å². The molecule has 0 bridgehead atoms. The highest BCUT2D eigenvalue weighted by atomic mass is 35.5. The average molecular weight is 281 g/mol. The van der Waals surface area contributed by atoms with Crippen molar-refractivity contribution in [3.8, 4) is 0 Å². The van der Waals surface area contributed by atoms with Gasteiger partial charge in [-0.25, -0.2) is 4.39 Å². The lowest BCUT2D eigenvalue weighted by atomic mass is 10.0. The predicted octanol–water partition coefficient (Wildman–Crippen LogP) is 5.69. The van der Waals surface area contributed by atoms with Gasteiger partial charge in [-0.2, -0.15) is 0 Å². The highest BCUT2D eigenvalue weighted by Gasteiger charge is 2.01. The molecular formula is C15H11Cl2F. The summed E-state index contributed by atoms with van der Waals surface area (Å²) in [4.78, 5) is 0. The summed E-state index contributed by atoms with van der Waals surface area (Å²) in [5.74, 6) is -0.408. The van der Waals surface area contributed by atoms with E-state index in [4.69, 9.17) is 23.2 Å². The summed E-state index contributed by atoms with van der Waals surface area (Å²) in [6.07, 6.45) is 1.91. The van der Waals surface area contributed by atoms with E-state index in [9.17, 15) is 4.39 Å². The molecule has 0 spiro atoms. The van der Waals surface area contributed by atoms with Crippen LogP contribution in [0.15, 0.2) is 42.5 Å². The topological polar surface area (TPSA) is 0 Å². The molecule has 2 aromatic rings. The van der Waals surface area contributed by atoms with Gasteiger partial charge in [-0.15, -0.1) is 0 Å². The summed E-state index contributed by atoms with van der Waals surface area (Å²) in [5, 5.41) is 0.834. The third-order valence-electron chi connectivity index (χ3n) is 2.63. The Kier molecular flexibility index (Phi) is 4.05. The Morgan fingerprint density at radius 1 is 1.06 bits per heavy atom. The Morgan fingerprint density at radius 2 is 1.72 bits per heavy atom. The van der Waals surface area contributed by atoms with E-state index in [2.05, 4.69) is 0 Å². The number of rotatable bonds is 2. The van der Waals surface area contributed by atoms with Crippen molar-refractivity contribution < 1.29 is 4.39 Å². The van der Waals surface area contributed by atoms with E-state index < -0.39 is 5.82 Å². The molecule has 2 aromatic carbocycles. The molecule has 3 heteroatoms. The van der Waals surface area contributed by atoms with E-state index in [1.165, 1.54) is 6.07 Å². The lowest BCUT2D eigenvalue weighted by molar-refractivity contribution is 0.628. The van der Waals surface area contributed by atoms with Gasteiger partial charge in [-0.1, -0.05) is 47.5 Å². The van der Waals surface area contributed by atoms with E-state index in [0.29, 0.717) is 5.02 Å². The molecule has 0 nitrogen and oxygen atoms in total. The maximum atomic E-state index is 13.3. The average Bonchev–Trinajstić information content (AvgIpc) is 2.34. The maximum Gasteiger partial charge on any atom is 0.142 e. The SMILES string of the molecule is C/C(=C\c1ccc(Cl)c(F)c1)c1ccc(Cl)cc1. The molecule has 0 amide bonds. The fourth-order valence-corrected chi connectivity index (χ4v) is 1.89. The lowest BCUT2D eigenvalue weighted by Gasteiger charge is -2.03. The Balaban J connectivity index is 2.32. The molecule has 18 heavy (non-hydrogen) atoms. The molecule has 0 aliphatic rings. The van der Waals surface area contributed by atoms with Gasteiger partial charge >= 0.3 is 0 Å². The van der Waals surface area contributed by atoms with Crippen LogP contribution in [0.3, 0.4) is 0 Å². The monoisotopic (exact) mass is 280 g/mol. The van der Waals surface area contributed by atoms with Crippen molar-refractivity contribution in [2.45, 2.75) is 6.92 Å². The van der Waals surface area contributed by atoms with Gasteiger partial charge in [0.25, 0.3) is 0 Å². The first-order valence-electron chi connectivity index (χ1n) is 5.45. The highest BCUT2D eigenvalue weighted by molar-refractivity contribution is 6.31. The quantitative estimate of drug-likeness (QED) is 0.620. The molecule has 0 unspecified atom stereocenters. The van der Waals surface area contributed by atoms with Gasteiger partial charge < -0.3 is 0 Å². The molecule has 0 saturated heterocycles. The van der Waals surface area contributed by atoms with Crippen molar-refractivity contribution in [3.05, 3.63) is 69.5 Å². The Labute approximate surface area is 116 Å². The molecule has 0 aromatic heterocycles. The number of halogens is 3. The molecule has 0 N–H and O–H groups in total. The van der Waals surface area contributed by atoms with Crippen molar-refractivity contribution >= 4 is 34.9 Å². The first-order valence-corrected chi connectivity index (χ1v) is 6.21. The molecule has 0 atom stereocenters. The van der Waals surface area contributed by atoms with Gasteiger partial charge in [0.1, 0.15) is 5.82 Å². The van der Waals surface area contributed by atoms with Crippen LogP contribution in [0.4, 0.5) is 4.39 Å². The Hall–Kier alpha value is -1.31. The fourth-order valence-electron chi connectivity index (χ4n) is 1.65. The molecule has 0 aliphatic carbocycles. The predicted molar refractivity (Wildman–Crippen MR) is 76.4 cm³/mol. The van der Waals surface area contributed by atoms with Crippen molar-refractivity contribution in [2.75, 3.05) is 0 Å². The second kappa shape index (κ2) is 5.55. The summed E-state index contributed by atoms with van der Waals surface area (Å²) in [5.41, 5.74) is 2.87. The van der Waals surface area contributed by atoms with Gasteiger partial charge in [0.05, 0.1) is 5.02 Å². The first-order chi connectivity index (χ1) is 8.56. The van der Waals surface area contributed by atoms with Crippen molar-refractivity contribution in [1.29, 1.82) is 0 Å². The number of benzene rings is 2. The number of hydrogen-bond donors (Lipinski definition) is 0. The van der Waals surface area contributed by atoms with E-state index in [0.717, 1.165) is 16.7 Å². The van der Waals surface area contributed by atoms with Gasteiger partial charge in [0, 0.05) is 5.02 Å². The first kappa shape index (κ1) is 13.1. The van der Waals surface area contributed by atoms with Crippen LogP contribution in [-0.2, 0) is 0 Å². The smallest absolute Gasteiger partial charge is 0.142 e. The Bertz CT molecular complexity index is 586. The van der Waals surface area contributed by atoms with Crippen LogP contribution < -0.4 is 0 Å². The van der Waals surface area contributed by atoms with Crippen molar-refractivity contribution in [1.82, 2.24) is 0 Å². The highest BCUT2D eigenvalue weighted by Crippen LogP contribution is 2.22. The third-order valence-corrected chi connectivity index (χ3v) is 3.18. The zero-order valence-corrected chi connectivity index (χ0v) is 11.3. The molecule has 0 saturated carbocycles. The molecule has 0 radical (unpaired) electrons. The number of allylic oxidation sites excluding steroid dienone is 1. The van der Waals surface area contributed by atoms with E-state index in [1.54, 1.807) is 12.1 Å². The minimum absolute atomic E-state index is 0.135. The standard InChI is InChI=1S/C15H11Cl2F/c1-10(12-3-5-13(16)6-4-12)8-11-2-7-14(17)15(18)9-11/h2-9H,1H3/b10-8+. The van der Waals surface area contributed by atoms with Crippen LogP contribution in [0, 0.1) is 5.82 Å². The van der Waals surface area contributed by atoms with Gasteiger partial charge in [-0.3, -0.25) is 0 Å². The van der Waals surface area contributed by atoms with E-state index in [1.807, 2.05) is 37.3 Å². The maximum absolute atomic E-state index is 13.3. The zero-order chi connectivity index (χ0) is 13.1. The van der Waals surface area contributed by atoms with E-state index >= 15 is 0 Å². The second-order valence-corrected chi connectivity index (χ2v) is 4.85. The second-order valence-electron chi connectivity index (χ2n) is 4.01. The summed E-state index contributed by atoms with van der Waals surface area (Å²) >= 11 is 11.5. The number of hydrogen-bond acceptors (Lipinski definition) is 0. The van der Waals surface area contributed by atoms with Crippen LogP contribution in [0.5, 0.6) is 0 Å². The molecular weight excluding hydrogens is 270 g/mol. The van der Waals surface area contributed by atoms with Crippen molar-refractivity contribution in [2.24, 2.45) is 0 Å². The Morgan fingerprint density at radius 3 is 2.33 bits per heavy atom. The summed E-state index contributed by atoms with van der Waals surface area (Å²) in [6.45, 7) is 1.97. The zero-order valence-electron chi connectivity index (χ0n) is 9.75. The summed E-state index contributed by atoms with van der Waals surface area (Å²) < 4.78 is 13.3. The van der Waals surface area contributed by atoms with Crippen LogP contribution in [0.2, 0.25) is 10.0 Å². The molecule has 0 aliphatic heterocycles. The van der Waals surface area contributed by atoms with Crippen molar-refractivity contribution in [3.63, 3.8) is 0 Å².